The van der Waals surface area contributed by atoms with E-state index in [0.717, 1.165) is 103 Å². The second-order valence-corrected chi connectivity index (χ2v) is 38.0. The Kier molecular flexibility index (Phi) is 20.4. The molecule has 0 aliphatic heterocycles. The lowest BCUT2D eigenvalue weighted by molar-refractivity contribution is -0.660. The average Bonchev–Trinajstić information content (AvgIpc) is 0.750. The van der Waals surface area contributed by atoms with E-state index in [-0.39, 0.29) is 56.0 Å². The van der Waals surface area contributed by atoms with Gasteiger partial charge in [-0.15, -0.1) is 0 Å². The highest BCUT2D eigenvalue weighted by Crippen LogP contribution is 2.43. The minimum absolute atomic E-state index is 0.0358. The molecular weight excluding hydrogens is 1660 g/mol. The van der Waals surface area contributed by atoms with Crippen LogP contribution in [0.4, 0.5) is 13.2 Å². The number of benzene rings is 10. The summed E-state index contributed by atoms with van der Waals surface area (Å²) in [5, 5.41) is 0. The Hall–Kier alpha value is -12.3. The van der Waals surface area contributed by atoms with Crippen LogP contribution in [0.2, 0.25) is 0 Å². The fraction of sp³-hybridized carbons (Fsp3) is 0.336. The molecule has 0 saturated carbocycles. The van der Waals surface area contributed by atoms with Gasteiger partial charge in [0.05, 0.1) is 5.41 Å². The van der Waals surface area contributed by atoms with Crippen molar-refractivity contribution < 1.29 is 86.7 Å². The summed E-state index contributed by atoms with van der Waals surface area (Å²) in [6.07, 6.45) is -2.75. The summed E-state index contributed by atoms with van der Waals surface area (Å²) < 4.78 is 347. The molecule has 0 radical (unpaired) electrons. The summed E-state index contributed by atoms with van der Waals surface area (Å²) >= 11 is 0. The smallest absolute Gasteiger partial charge is 0.201 e. The van der Waals surface area contributed by atoms with Gasteiger partial charge in [0.25, 0.3) is 0 Å². The van der Waals surface area contributed by atoms with E-state index >= 15 is 0 Å². The van der Waals surface area contributed by atoms with Gasteiger partial charge in [0.15, 0.2) is 31.0 Å². The van der Waals surface area contributed by atoms with Crippen molar-refractivity contribution in [2.75, 3.05) is 0 Å². The van der Waals surface area contributed by atoms with Crippen LogP contribution in [0.25, 0.3) is 112 Å². The standard InChI is InChI=1S/C27H31F3N.C27H34N.C26H32N.C25H30N.C23H26N/c1-17-13-25(31(7)16-20(17)4)24-14-23(18(2)12-19(24)3)22-10-8-21(9-11-22)15-26(5,6)27(28,29)30;1-18-13-26(28(8)17-21(18)4)25-15-24(19(2)12-20(25)3)23-11-9-10-22(14-23)16-27(5,6)7;1-17(2)11-22-9-8-10-23(14-22)24-15-25(20(5)12-19(24)4)26-13-18(3)21(6)16-27(26)7;1-16(2)21-9-8-10-22(13-21)23-14-24(19(5)11-18(23)4)25-12-17(3)20(6)15-26(25)7;1-15-7-9-20(10-8-15)21-13-22(18(4)11-17(21)3)23-12-16(2)19(5)14-24(23)6/h8-14,16H,15H2,1-7H3;9-15,17H,16H2,1-8H3;8-10,12-17H,11H2,1-7H3;8-16H,1-7H3;7-14H,1-6H3/q5*+1/i2D3,4D3,15D2;2D3,4D3,16D2;4D3,6D3,11D2;4D3,6D3,16D;3D3,5D3. The highest BCUT2D eigenvalue weighted by Gasteiger charge is 2.47. The van der Waals surface area contributed by atoms with Crippen LogP contribution in [0, 0.1) is 161 Å². The number of pyridine rings is 5. The molecule has 0 saturated heterocycles. The maximum Gasteiger partial charge on any atom is 0.394 e. The van der Waals surface area contributed by atoms with Crippen molar-refractivity contribution in [1.29, 1.82) is 0 Å². The number of hydrogen-bond donors (Lipinski definition) is 0. The van der Waals surface area contributed by atoms with Gasteiger partial charge in [0.1, 0.15) is 35.2 Å². The van der Waals surface area contributed by atoms with E-state index in [1.165, 1.54) is 36.5 Å². The van der Waals surface area contributed by atoms with E-state index in [1.807, 2.05) is 173 Å². The third kappa shape index (κ3) is 25.3. The normalized spacial score (nSPS) is 16.9. The van der Waals surface area contributed by atoms with Crippen LogP contribution in [0.3, 0.4) is 0 Å². The zero-order chi connectivity index (χ0) is 131. The van der Waals surface area contributed by atoms with Crippen LogP contribution >= 0.6 is 0 Å². The van der Waals surface area contributed by atoms with E-state index in [1.54, 1.807) is 216 Å². The first-order valence-electron chi connectivity index (χ1n) is 63.9. The molecular formula is C128H153F3N5+5. The maximum atomic E-state index is 13.6. The highest BCUT2D eigenvalue weighted by atomic mass is 19.4. The first kappa shape index (κ1) is 63.9. The molecule has 0 bridgehead atoms. The van der Waals surface area contributed by atoms with E-state index in [4.69, 9.17) is 50.7 Å². The molecule has 0 fully saturated rings. The van der Waals surface area contributed by atoms with E-state index in [9.17, 15) is 13.2 Å². The van der Waals surface area contributed by atoms with Crippen LogP contribution in [0.15, 0.2) is 243 Å². The molecule has 0 atom stereocenters. The lowest BCUT2D eigenvalue weighted by atomic mass is 9.84. The van der Waals surface area contributed by atoms with E-state index in [0.29, 0.717) is 111 Å². The number of nitrogens with zero attached hydrogens (tertiary/aromatic N) is 5. The third-order valence-corrected chi connectivity index (χ3v) is 24.4. The van der Waals surface area contributed by atoms with Gasteiger partial charge in [-0.1, -0.05) is 220 Å². The first-order valence-corrected chi connectivity index (χ1v) is 45.4. The molecule has 706 valence electrons. The van der Waals surface area contributed by atoms with Gasteiger partial charge in [0.2, 0.25) is 28.5 Å². The van der Waals surface area contributed by atoms with Crippen molar-refractivity contribution in [2.45, 2.75) is 238 Å². The van der Waals surface area contributed by atoms with Crippen molar-refractivity contribution in [1.82, 2.24) is 0 Å². The van der Waals surface area contributed by atoms with Gasteiger partial charge >= 0.3 is 6.18 Å². The SMILES string of the molecule is [2H]C([2H])([2H])c1c[n+](C)c(-c2cc(-c3ccc(C([2H])([2H])C(C)(C)C(F)(F)F)cc3)c(C([2H])([2H])[2H])cc2C)cc1C.[2H]C([2H])([2H])c1c[n+](C)c(-c2cc(-c3ccc(C)cc3)c(C([2H])([2H])[2H])cc2C)cc1C.[2H]C([2H])([2H])c1c[n+](C)c(-c2cc(-c3cccc(C([2H])(C)C)c3)c(C([2H])([2H])[2H])cc2C)cc1C.[2H]C([2H])([2H])c1c[n+](C)c(-c2cc(-c3cccc(C([2H])([2H])C(C)(C)C)c3)c(C([2H])([2H])[2H])cc2C)cc1C.[2H]C([2H])([2H])c1c[n+](C)c(-c2cc(-c3cccc(C([2H])([2H])C(C)C)c3)c(C([2H])([2H])[2H])cc2C)cc1C. The number of aryl methyl sites for hydroxylation is 26. The first-order chi connectivity index (χ1) is 78.5. The van der Waals surface area contributed by atoms with Crippen molar-refractivity contribution in [3.8, 4) is 112 Å². The molecule has 0 amide bonds. The summed E-state index contributed by atoms with van der Waals surface area (Å²) in [4.78, 5) is 0. The topological polar surface area (TPSA) is 19.4 Å². The second-order valence-electron chi connectivity index (χ2n) is 38.0. The monoisotopic (exact) mass is 1850 g/mol. The minimum atomic E-state index is -4.79. The molecule has 8 heteroatoms. The van der Waals surface area contributed by atoms with Crippen LogP contribution in [0.5, 0.6) is 0 Å². The summed E-state index contributed by atoms with van der Waals surface area (Å²) in [5.41, 5.74) is 22.1. The largest absolute Gasteiger partial charge is 0.394 e. The Morgan fingerprint density at radius 1 is 0.272 bits per heavy atom. The average molecular weight is 1860 g/mol. The number of hydrogen-bond acceptors (Lipinski definition) is 0. The fourth-order valence-corrected chi connectivity index (χ4v) is 16.4. The molecule has 15 rings (SSSR count). The van der Waals surface area contributed by atoms with Gasteiger partial charge in [-0.3, -0.25) is 0 Å². The second kappa shape index (κ2) is 43.4. The van der Waals surface area contributed by atoms with E-state index in [2.05, 4.69) is 0 Å². The summed E-state index contributed by atoms with van der Waals surface area (Å²) in [7, 11) is 8.86. The third-order valence-electron chi connectivity index (χ3n) is 24.4. The van der Waals surface area contributed by atoms with Gasteiger partial charge < -0.3 is 0 Å². The van der Waals surface area contributed by atoms with Crippen molar-refractivity contribution in [3.63, 3.8) is 0 Å². The number of halogens is 3. The maximum absolute atomic E-state index is 13.6. The Balaban J connectivity index is 0.000000202. The quantitative estimate of drug-likeness (QED) is 0.0859. The fourth-order valence-electron chi connectivity index (χ4n) is 16.4. The van der Waals surface area contributed by atoms with Crippen LogP contribution in [-0.2, 0) is 54.4 Å². The molecule has 10 aromatic carbocycles. The zero-order valence-electron chi connectivity index (χ0n) is 120. The Morgan fingerprint density at radius 3 is 0.824 bits per heavy atom. The molecule has 136 heavy (non-hydrogen) atoms. The van der Waals surface area contributed by atoms with Crippen molar-refractivity contribution in [2.24, 2.45) is 52.0 Å². The van der Waals surface area contributed by atoms with Gasteiger partial charge in [0, 0.05) is 137 Å². The molecule has 0 aliphatic rings. The van der Waals surface area contributed by atoms with Crippen LogP contribution in [-0.4, -0.2) is 6.18 Å². The summed E-state index contributed by atoms with van der Waals surface area (Å²) in [6.45, 7) is 11.3. The molecule has 5 aromatic heterocycles. The summed E-state index contributed by atoms with van der Waals surface area (Å²) in [5.74, 6) is -1.08. The Morgan fingerprint density at radius 2 is 0.544 bits per heavy atom. The van der Waals surface area contributed by atoms with Crippen LogP contribution < -0.4 is 22.8 Å². The van der Waals surface area contributed by atoms with Crippen molar-refractivity contribution in [3.05, 3.63) is 382 Å². The molecule has 0 aliphatic carbocycles. The number of alkyl halides is 3. The highest BCUT2D eigenvalue weighted by molar-refractivity contribution is 5.82. The molecule has 15 aromatic rings. The Bertz CT molecular complexity index is 8510. The van der Waals surface area contributed by atoms with E-state index < -0.39 is 111 Å². The van der Waals surface area contributed by atoms with Gasteiger partial charge in [-0.25, -0.2) is 22.8 Å². The van der Waals surface area contributed by atoms with Gasteiger partial charge in [-0.05, 0) is 373 Å². The number of aromatic nitrogens is 5. The molecule has 5 heterocycles. The molecule has 0 N–H and O–H groups in total. The minimum Gasteiger partial charge on any atom is -0.201 e. The summed E-state index contributed by atoms with van der Waals surface area (Å²) in [6, 6.07) is 61.1. The predicted octanol–water partition coefficient (Wildman–Crippen LogP) is 31.7. The zero-order valence-corrected chi connectivity index (χ0v) is 83.0. The molecule has 0 spiro atoms. The van der Waals surface area contributed by atoms with Crippen molar-refractivity contribution >= 4 is 0 Å². The number of rotatable bonds is 16. The van der Waals surface area contributed by atoms with Crippen LogP contribution in [0.1, 0.15) is 258 Å². The lowest BCUT2D eigenvalue weighted by Gasteiger charge is -2.27. The molecule has 5 nitrogen and oxygen atoms in total. The lowest BCUT2D eigenvalue weighted by Crippen LogP contribution is -2.34. The van der Waals surface area contributed by atoms with Gasteiger partial charge in [-0.2, -0.15) is 13.2 Å². The molecule has 0 unspecified atom stereocenters. The predicted molar refractivity (Wildman–Crippen MR) is 571 cm³/mol. The Labute approximate surface area is 868 Å².